The largest absolute Gasteiger partial charge is 0.393 e. The number of aromatic nitrogens is 1. The van der Waals surface area contributed by atoms with E-state index in [1.54, 1.807) is 19.3 Å². The van der Waals surface area contributed by atoms with Crippen molar-refractivity contribution in [2.75, 3.05) is 12.8 Å². The van der Waals surface area contributed by atoms with Gasteiger partial charge in [0, 0.05) is 24.9 Å². The van der Waals surface area contributed by atoms with Crippen LogP contribution < -0.4 is 5.73 Å². The maximum Gasteiger partial charge on any atom is 0.292 e. The van der Waals surface area contributed by atoms with Crippen molar-refractivity contribution in [1.82, 2.24) is 9.88 Å². The van der Waals surface area contributed by atoms with Gasteiger partial charge in [0.2, 0.25) is 0 Å². The smallest absolute Gasteiger partial charge is 0.292 e. The van der Waals surface area contributed by atoms with Gasteiger partial charge < -0.3 is 10.6 Å². The maximum absolute atomic E-state index is 13.1. The van der Waals surface area contributed by atoms with Crippen LogP contribution in [0.4, 0.5) is 11.4 Å². The molecule has 3 rings (SSSR count). The summed E-state index contributed by atoms with van der Waals surface area (Å²) < 4.78 is 0. The number of benzene rings is 2. The zero-order valence-corrected chi connectivity index (χ0v) is 14.6. The number of nitrogens with zero attached hydrogens (tertiary/aromatic N) is 3. The SMILES string of the molecule is CN(C(=O)c1ccc(N)c([N+](=O)[O-])c1)C(c1ccccc1)c1ccccn1. The fraction of sp³-hybridized carbons (Fsp3) is 0.100. The van der Waals surface area contributed by atoms with Gasteiger partial charge in [-0.2, -0.15) is 0 Å². The Morgan fingerprint density at radius 2 is 1.81 bits per heavy atom. The Morgan fingerprint density at radius 3 is 2.44 bits per heavy atom. The lowest BCUT2D eigenvalue weighted by atomic mass is 10.0. The first-order valence-electron chi connectivity index (χ1n) is 8.26. The molecule has 0 aliphatic rings. The van der Waals surface area contributed by atoms with Gasteiger partial charge in [-0.15, -0.1) is 0 Å². The average molecular weight is 362 g/mol. The quantitative estimate of drug-likeness (QED) is 0.425. The van der Waals surface area contributed by atoms with Crippen LogP contribution in [0.2, 0.25) is 0 Å². The molecule has 2 N–H and O–H groups in total. The third kappa shape index (κ3) is 3.77. The molecule has 2 aromatic carbocycles. The number of hydrogen-bond acceptors (Lipinski definition) is 5. The average Bonchev–Trinajstić information content (AvgIpc) is 2.69. The van der Waals surface area contributed by atoms with Gasteiger partial charge in [-0.1, -0.05) is 36.4 Å². The Morgan fingerprint density at radius 1 is 1.11 bits per heavy atom. The van der Waals surface area contributed by atoms with Crippen molar-refractivity contribution in [3.63, 3.8) is 0 Å². The molecule has 0 bridgehead atoms. The summed E-state index contributed by atoms with van der Waals surface area (Å²) in [7, 11) is 1.65. The number of nitro groups is 1. The number of rotatable bonds is 5. The summed E-state index contributed by atoms with van der Waals surface area (Å²) in [5.74, 6) is -0.363. The van der Waals surface area contributed by atoms with Gasteiger partial charge in [0.15, 0.2) is 0 Å². The number of nitrogens with two attached hydrogens (primary N) is 1. The van der Waals surface area contributed by atoms with E-state index < -0.39 is 11.0 Å². The fourth-order valence-electron chi connectivity index (χ4n) is 2.92. The van der Waals surface area contributed by atoms with Crippen molar-refractivity contribution in [3.05, 3.63) is 99.9 Å². The van der Waals surface area contributed by atoms with Crippen LogP contribution in [0.3, 0.4) is 0 Å². The number of anilines is 1. The zero-order chi connectivity index (χ0) is 19.4. The summed E-state index contributed by atoms with van der Waals surface area (Å²) in [4.78, 5) is 29.5. The summed E-state index contributed by atoms with van der Waals surface area (Å²) in [5.41, 5.74) is 7.14. The van der Waals surface area contributed by atoms with Gasteiger partial charge in [-0.05, 0) is 29.8 Å². The lowest BCUT2D eigenvalue weighted by Crippen LogP contribution is -2.32. The van der Waals surface area contributed by atoms with Crippen LogP contribution in [-0.4, -0.2) is 27.8 Å². The fourth-order valence-corrected chi connectivity index (χ4v) is 2.92. The normalized spacial score (nSPS) is 11.6. The molecule has 0 aliphatic carbocycles. The minimum Gasteiger partial charge on any atom is -0.393 e. The second-order valence-electron chi connectivity index (χ2n) is 6.01. The molecule has 7 heteroatoms. The minimum atomic E-state index is -0.598. The maximum atomic E-state index is 13.1. The molecule has 1 aromatic heterocycles. The predicted molar refractivity (Wildman–Crippen MR) is 102 cm³/mol. The van der Waals surface area contributed by atoms with E-state index in [0.29, 0.717) is 5.69 Å². The first-order valence-corrected chi connectivity index (χ1v) is 8.26. The summed E-state index contributed by atoms with van der Waals surface area (Å²) in [6.07, 6.45) is 1.66. The molecular weight excluding hydrogens is 344 g/mol. The number of carbonyl (C=O) groups is 1. The van der Waals surface area contributed by atoms with Gasteiger partial charge in [0.25, 0.3) is 11.6 Å². The van der Waals surface area contributed by atoms with Gasteiger partial charge in [-0.3, -0.25) is 19.9 Å². The van der Waals surface area contributed by atoms with E-state index in [1.807, 2.05) is 42.5 Å². The Hall–Kier alpha value is -3.74. The summed E-state index contributed by atoms with van der Waals surface area (Å²) in [5, 5.41) is 11.1. The van der Waals surface area contributed by atoms with Crippen LogP contribution in [0, 0.1) is 10.1 Å². The standard InChI is InChI=1S/C20H18N4O3/c1-23(20(25)15-10-11-16(21)18(13-15)24(26)27)19(14-7-3-2-4-8-14)17-9-5-6-12-22-17/h2-13,19H,21H2,1H3. The zero-order valence-electron chi connectivity index (χ0n) is 14.6. The molecule has 0 radical (unpaired) electrons. The van der Waals surface area contributed by atoms with Crippen LogP contribution in [0.1, 0.15) is 27.7 Å². The molecule has 1 heterocycles. The highest BCUT2D eigenvalue weighted by molar-refractivity contribution is 5.96. The number of carbonyl (C=O) groups excluding carboxylic acids is 1. The van der Waals surface area contributed by atoms with Crippen LogP contribution in [0.15, 0.2) is 72.9 Å². The molecule has 0 spiro atoms. The number of hydrogen-bond donors (Lipinski definition) is 1. The molecular formula is C20H18N4O3. The molecule has 27 heavy (non-hydrogen) atoms. The van der Waals surface area contributed by atoms with Crippen molar-refractivity contribution in [1.29, 1.82) is 0 Å². The van der Waals surface area contributed by atoms with Gasteiger partial charge in [-0.25, -0.2) is 0 Å². The van der Waals surface area contributed by atoms with E-state index in [0.717, 1.165) is 5.56 Å². The third-order valence-corrected chi connectivity index (χ3v) is 4.26. The van der Waals surface area contributed by atoms with Crippen LogP contribution in [0.25, 0.3) is 0 Å². The number of nitro benzene ring substituents is 1. The Kier molecular flexibility index (Phi) is 5.12. The summed E-state index contributed by atoms with van der Waals surface area (Å²) in [6.45, 7) is 0. The monoisotopic (exact) mass is 362 g/mol. The Labute approximate surface area is 156 Å². The lowest BCUT2D eigenvalue weighted by Gasteiger charge is -2.28. The second-order valence-corrected chi connectivity index (χ2v) is 6.01. The van der Waals surface area contributed by atoms with Gasteiger partial charge >= 0.3 is 0 Å². The van der Waals surface area contributed by atoms with Gasteiger partial charge in [0.1, 0.15) is 5.69 Å². The van der Waals surface area contributed by atoms with Crippen molar-refractivity contribution in [2.24, 2.45) is 0 Å². The topological polar surface area (TPSA) is 102 Å². The van der Waals surface area contributed by atoms with Crippen LogP contribution in [0.5, 0.6) is 0 Å². The van der Waals surface area contributed by atoms with Crippen molar-refractivity contribution in [3.8, 4) is 0 Å². The number of amides is 1. The summed E-state index contributed by atoms with van der Waals surface area (Å²) in [6, 6.07) is 18.6. The van der Waals surface area contributed by atoms with E-state index in [2.05, 4.69) is 4.98 Å². The summed E-state index contributed by atoms with van der Waals surface area (Å²) >= 11 is 0. The molecule has 3 aromatic rings. The highest BCUT2D eigenvalue weighted by Crippen LogP contribution is 2.29. The van der Waals surface area contributed by atoms with Crippen molar-refractivity contribution in [2.45, 2.75) is 6.04 Å². The van der Waals surface area contributed by atoms with E-state index >= 15 is 0 Å². The van der Waals surface area contributed by atoms with E-state index in [9.17, 15) is 14.9 Å². The number of nitrogen functional groups attached to an aromatic ring is 1. The van der Waals surface area contributed by atoms with Crippen LogP contribution >= 0.6 is 0 Å². The highest BCUT2D eigenvalue weighted by Gasteiger charge is 2.26. The third-order valence-electron chi connectivity index (χ3n) is 4.26. The highest BCUT2D eigenvalue weighted by atomic mass is 16.6. The molecule has 1 atom stereocenters. The predicted octanol–water partition coefficient (Wildman–Crippen LogP) is 3.43. The number of pyridine rings is 1. The van der Waals surface area contributed by atoms with Gasteiger partial charge in [0.05, 0.1) is 16.7 Å². The molecule has 0 saturated carbocycles. The van der Waals surface area contributed by atoms with Crippen molar-refractivity contribution < 1.29 is 9.72 Å². The lowest BCUT2D eigenvalue weighted by molar-refractivity contribution is -0.383. The van der Waals surface area contributed by atoms with Crippen LogP contribution in [-0.2, 0) is 0 Å². The first-order chi connectivity index (χ1) is 13.0. The Balaban J connectivity index is 2.02. The molecule has 0 fully saturated rings. The van der Waals surface area contributed by atoms with E-state index in [1.165, 1.54) is 23.1 Å². The molecule has 1 unspecified atom stereocenters. The molecule has 7 nitrogen and oxygen atoms in total. The van der Waals surface area contributed by atoms with Crippen molar-refractivity contribution >= 4 is 17.3 Å². The van der Waals surface area contributed by atoms with E-state index in [-0.39, 0.29) is 22.8 Å². The Bertz CT molecular complexity index is 922. The van der Waals surface area contributed by atoms with E-state index in [4.69, 9.17) is 5.73 Å². The molecule has 0 aliphatic heterocycles. The first kappa shape index (κ1) is 18.1. The molecule has 136 valence electrons. The second kappa shape index (κ2) is 7.65. The minimum absolute atomic E-state index is 0.0172. The molecule has 1 amide bonds. The molecule has 0 saturated heterocycles.